The maximum Gasteiger partial charge on any atom is 0.313 e. The number of hydrogen-bond donors (Lipinski definition) is 1. The minimum Gasteiger partial charge on any atom is -0.469 e. The fraction of sp³-hybridized carbons (Fsp3) is 0.320. The van der Waals surface area contributed by atoms with Crippen molar-refractivity contribution in [3.05, 3.63) is 83.6 Å². The largest absolute Gasteiger partial charge is 0.469 e. The molecule has 0 spiro atoms. The minimum absolute atomic E-state index is 0.0213. The van der Waals surface area contributed by atoms with Crippen LogP contribution in [0, 0.1) is 0 Å². The summed E-state index contributed by atoms with van der Waals surface area (Å²) in [4.78, 5) is 25.8. The average molecular weight is 418 g/mol. The molecule has 1 N–H and O–H groups in total. The molecule has 1 unspecified atom stereocenters. The van der Waals surface area contributed by atoms with Crippen molar-refractivity contribution < 1.29 is 14.3 Å². The number of nitrogens with zero attached hydrogens (tertiary/aromatic N) is 2. The highest BCUT2D eigenvalue weighted by molar-refractivity contribution is 6.03. The third-order valence-corrected chi connectivity index (χ3v) is 5.94. The van der Waals surface area contributed by atoms with Crippen LogP contribution in [0.1, 0.15) is 60.1 Å². The Morgan fingerprint density at radius 3 is 2.42 bits per heavy atom. The standard InChI is InChI=1S/C25H27N3O3/c1-25(2)15-21(18-12-8-5-9-13-18)27-23-20(16-26-28(23)25)22(29)14-19(24(30)31-3)17-10-6-4-7-11-17/h4-13,16,19,21,27H,14-15H2,1-3H3/t19-,21?/m1/s1. The highest BCUT2D eigenvalue weighted by Crippen LogP contribution is 2.40. The molecule has 0 fully saturated rings. The van der Waals surface area contributed by atoms with Crippen LogP contribution in [-0.2, 0) is 15.1 Å². The van der Waals surface area contributed by atoms with Crippen LogP contribution < -0.4 is 5.32 Å². The lowest BCUT2D eigenvalue weighted by molar-refractivity contribution is -0.142. The number of carbonyl (C=O) groups excluding carboxylic acids is 2. The zero-order chi connectivity index (χ0) is 22.0. The molecule has 4 rings (SSSR count). The zero-order valence-electron chi connectivity index (χ0n) is 18.0. The number of methoxy groups -OCH3 is 1. The molecule has 0 radical (unpaired) electrons. The number of hydrogen-bond acceptors (Lipinski definition) is 5. The number of nitrogens with one attached hydrogen (secondary N) is 1. The van der Waals surface area contributed by atoms with Crippen molar-refractivity contribution in [2.75, 3.05) is 12.4 Å². The van der Waals surface area contributed by atoms with Gasteiger partial charge in [0.1, 0.15) is 5.82 Å². The van der Waals surface area contributed by atoms with E-state index in [2.05, 4.69) is 36.4 Å². The normalized spacial score (nSPS) is 17.8. The van der Waals surface area contributed by atoms with Crippen LogP contribution in [0.4, 0.5) is 5.82 Å². The van der Waals surface area contributed by atoms with Gasteiger partial charge in [0.15, 0.2) is 5.78 Å². The lowest BCUT2D eigenvalue weighted by atomic mass is 9.88. The van der Waals surface area contributed by atoms with Gasteiger partial charge in [-0.2, -0.15) is 5.10 Å². The van der Waals surface area contributed by atoms with Gasteiger partial charge in [0.2, 0.25) is 0 Å². The van der Waals surface area contributed by atoms with Gasteiger partial charge >= 0.3 is 5.97 Å². The van der Waals surface area contributed by atoms with Gasteiger partial charge in [-0.1, -0.05) is 60.7 Å². The quantitative estimate of drug-likeness (QED) is 0.465. The van der Waals surface area contributed by atoms with Crippen LogP contribution in [0.3, 0.4) is 0 Å². The Bertz CT molecular complexity index is 1070. The molecular weight excluding hydrogens is 390 g/mol. The molecule has 31 heavy (non-hydrogen) atoms. The number of aromatic nitrogens is 2. The van der Waals surface area contributed by atoms with Crippen LogP contribution in [0.2, 0.25) is 0 Å². The van der Waals surface area contributed by atoms with Crippen molar-refractivity contribution in [3.63, 3.8) is 0 Å². The molecule has 2 aromatic carbocycles. The molecule has 1 aliphatic heterocycles. The molecule has 3 aromatic rings. The summed E-state index contributed by atoms with van der Waals surface area (Å²) in [5.41, 5.74) is 2.16. The first-order valence-electron chi connectivity index (χ1n) is 10.5. The fourth-order valence-corrected chi connectivity index (χ4v) is 4.30. The number of fused-ring (bicyclic) bond motifs is 1. The van der Waals surface area contributed by atoms with Crippen LogP contribution in [0.15, 0.2) is 66.9 Å². The van der Waals surface area contributed by atoms with E-state index in [0.29, 0.717) is 11.4 Å². The van der Waals surface area contributed by atoms with E-state index < -0.39 is 11.9 Å². The Morgan fingerprint density at radius 2 is 1.77 bits per heavy atom. The minimum atomic E-state index is -0.657. The van der Waals surface area contributed by atoms with E-state index in [1.165, 1.54) is 7.11 Å². The van der Waals surface area contributed by atoms with Gasteiger partial charge in [-0.05, 0) is 31.4 Å². The molecule has 1 aromatic heterocycles. The summed E-state index contributed by atoms with van der Waals surface area (Å²) in [5, 5.41) is 8.04. The third kappa shape index (κ3) is 4.10. The Labute approximate surface area is 182 Å². The van der Waals surface area contributed by atoms with E-state index in [4.69, 9.17) is 4.74 Å². The van der Waals surface area contributed by atoms with Gasteiger partial charge in [0.25, 0.3) is 0 Å². The van der Waals surface area contributed by atoms with Crippen LogP contribution in [-0.4, -0.2) is 28.6 Å². The van der Waals surface area contributed by atoms with Gasteiger partial charge in [0.05, 0.1) is 36.4 Å². The van der Waals surface area contributed by atoms with E-state index in [0.717, 1.165) is 17.5 Å². The number of anilines is 1. The topological polar surface area (TPSA) is 73.2 Å². The fourth-order valence-electron chi connectivity index (χ4n) is 4.30. The second-order valence-corrected chi connectivity index (χ2v) is 8.56. The molecule has 0 aliphatic carbocycles. The number of carbonyl (C=O) groups is 2. The maximum atomic E-state index is 13.3. The van der Waals surface area contributed by atoms with Crippen LogP contribution >= 0.6 is 0 Å². The van der Waals surface area contributed by atoms with Crippen molar-refractivity contribution >= 4 is 17.6 Å². The first kappa shape index (κ1) is 20.8. The molecule has 2 heterocycles. The lowest BCUT2D eigenvalue weighted by Gasteiger charge is -2.38. The van der Waals surface area contributed by atoms with Crippen molar-refractivity contribution in [2.45, 2.75) is 44.2 Å². The third-order valence-electron chi connectivity index (χ3n) is 5.94. The van der Waals surface area contributed by atoms with E-state index in [9.17, 15) is 9.59 Å². The summed E-state index contributed by atoms with van der Waals surface area (Å²) < 4.78 is 6.86. The van der Waals surface area contributed by atoms with Gasteiger partial charge in [-0.3, -0.25) is 9.59 Å². The average Bonchev–Trinajstić information content (AvgIpc) is 3.23. The summed E-state index contributed by atoms with van der Waals surface area (Å²) in [7, 11) is 1.35. The Morgan fingerprint density at radius 1 is 1.13 bits per heavy atom. The van der Waals surface area contributed by atoms with E-state index in [1.807, 2.05) is 53.2 Å². The Kier molecular flexibility index (Phi) is 5.63. The van der Waals surface area contributed by atoms with Gasteiger partial charge in [0, 0.05) is 6.42 Å². The summed E-state index contributed by atoms with van der Waals surface area (Å²) in [5.74, 6) is -0.517. The monoisotopic (exact) mass is 417 g/mol. The second-order valence-electron chi connectivity index (χ2n) is 8.56. The van der Waals surface area contributed by atoms with Crippen molar-refractivity contribution in [2.24, 2.45) is 0 Å². The summed E-state index contributed by atoms with van der Waals surface area (Å²) in [6.45, 7) is 4.24. The van der Waals surface area contributed by atoms with Crippen LogP contribution in [0.5, 0.6) is 0 Å². The summed E-state index contributed by atoms with van der Waals surface area (Å²) >= 11 is 0. The van der Waals surface area contributed by atoms with E-state index in [1.54, 1.807) is 6.20 Å². The first-order valence-corrected chi connectivity index (χ1v) is 10.5. The predicted octanol–water partition coefficient (Wildman–Crippen LogP) is 4.70. The van der Waals surface area contributed by atoms with Crippen LogP contribution in [0.25, 0.3) is 0 Å². The van der Waals surface area contributed by atoms with Crippen molar-refractivity contribution in [3.8, 4) is 0 Å². The highest BCUT2D eigenvalue weighted by Gasteiger charge is 2.37. The molecule has 6 nitrogen and oxygen atoms in total. The molecule has 0 saturated heterocycles. The predicted molar refractivity (Wildman–Crippen MR) is 119 cm³/mol. The molecular formula is C25H27N3O3. The molecule has 0 bridgehead atoms. The van der Waals surface area contributed by atoms with E-state index >= 15 is 0 Å². The number of ketones is 1. The lowest BCUT2D eigenvalue weighted by Crippen LogP contribution is -2.38. The highest BCUT2D eigenvalue weighted by atomic mass is 16.5. The Balaban J connectivity index is 1.65. The molecule has 6 heteroatoms. The smallest absolute Gasteiger partial charge is 0.313 e. The van der Waals surface area contributed by atoms with Gasteiger partial charge in [-0.15, -0.1) is 0 Å². The zero-order valence-corrected chi connectivity index (χ0v) is 18.0. The van der Waals surface area contributed by atoms with E-state index in [-0.39, 0.29) is 23.8 Å². The van der Waals surface area contributed by atoms with Gasteiger partial charge < -0.3 is 10.1 Å². The Hall–Kier alpha value is -3.41. The van der Waals surface area contributed by atoms with Crippen molar-refractivity contribution in [1.82, 2.24) is 9.78 Å². The molecule has 2 atom stereocenters. The maximum absolute atomic E-state index is 13.3. The number of Topliss-reactive ketones (excluding diaryl/α,β-unsaturated/α-hetero) is 1. The molecule has 0 amide bonds. The van der Waals surface area contributed by atoms with Crippen molar-refractivity contribution in [1.29, 1.82) is 0 Å². The first-order chi connectivity index (χ1) is 14.9. The molecule has 1 aliphatic rings. The number of esters is 1. The summed E-state index contributed by atoms with van der Waals surface area (Å²) in [6, 6.07) is 19.5. The summed E-state index contributed by atoms with van der Waals surface area (Å²) in [6.07, 6.45) is 2.47. The van der Waals surface area contributed by atoms with Gasteiger partial charge in [-0.25, -0.2) is 4.68 Å². The molecule has 160 valence electrons. The number of benzene rings is 2. The number of ether oxygens (including phenoxy) is 1. The SMILES string of the molecule is COC(=O)[C@H](CC(=O)c1cnn2c1NC(c1ccccc1)CC2(C)C)c1ccccc1. The second kappa shape index (κ2) is 8.38. The molecule has 0 saturated carbocycles. The number of rotatable bonds is 6.